The zero-order valence-electron chi connectivity index (χ0n) is 12.2. The van der Waals surface area contributed by atoms with E-state index in [1.807, 2.05) is 35.7 Å². The van der Waals surface area contributed by atoms with Crippen LogP contribution < -0.4 is 4.74 Å². The summed E-state index contributed by atoms with van der Waals surface area (Å²) in [4.78, 5) is 0. The monoisotopic (exact) mass is 437 g/mol. The van der Waals surface area contributed by atoms with Crippen molar-refractivity contribution < 1.29 is 4.74 Å². The first-order valence-electron chi connectivity index (χ1n) is 6.92. The van der Waals surface area contributed by atoms with Crippen molar-refractivity contribution in [1.82, 2.24) is 0 Å². The zero-order valence-corrected chi connectivity index (χ0v) is 16.1. The lowest BCUT2D eigenvalue weighted by molar-refractivity contribution is 0.315. The van der Waals surface area contributed by atoms with Gasteiger partial charge in [0.2, 0.25) is 0 Å². The highest BCUT2D eigenvalue weighted by Gasteiger charge is 2.15. The molecule has 0 unspecified atom stereocenters. The lowest BCUT2D eigenvalue weighted by Crippen LogP contribution is -1.95. The van der Waals surface area contributed by atoms with Gasteiger partial charge in [0.1, 0.15) is 18.2 Å². The Morgan fingerprint density at radius 2 is 1.83 bits per heavy atom. The highest BCUT2D eigenvalue weighted by molar-refractivity contribution is 9.10. The molecule has 0 amide bonds. The van der Waals surface area contributed by atoms with E-state index in [-0.39, 0.29) is 0 Å². The lowest BCUT2D eigenvalue weighted by Gasteiger charge is -2.06. The molecule has 0 radical (unpaired) electrons. The molecule has 0 aliphatic carbocycles. The van der Waals surface area contributed by atoms with E-state index in [0.717, 1.165) is 21.2 Å². The molecule has 0 atom stereocenters. The standard InChI is InChI=1S/C18H10BrCl2NOS/c19-13-4-1-11(2-5-13)9-23-18-14(8-22)15(10-24-18)12-3-6-16(20)17(21)7-12/h1-7,10H,9H2. The van der Waals surface area contributed by atoms with Gasteiger partial charge in [0, 0.05) is 15.4 Å². The van der Waals surface area contributed by atoms with Crippen LogP contribution in [0.2, 0.25) is 10.0 Å². The summed E-state index contributed by atoms with van der Waals surface area (Å²) in [5.41, 5.74) is 3.18. The van der Waals surface area contributed by atoms with Gasteiger partial charge < -0.3 is 4.74 Å². The Balaban J connectivity index is 1.85. The van der Waals surface area contributed by atoms with Crippen molar-refractivity contribution >= 4 is 50.5 Å². The Morgan fingerprint density at radius 3 is 2.50 bits per heavy atom. The largest absolute Gasteiger partial charge is 0.478 e. The van der Waals surface area contributed by atoms with Gasteiger partial charge in [-0.05, 0) is 35.4 Å². The van der Waals surface area contributed by atoms with Crippen LogP contribution in [-0.4, -0.2) is 0 Å². The summed E-state index contributed by atoms with van der Waals surface area (Å²) in [6.07, 6.45) is 0. The highest BCUT2D eigenvalue weighted by Crippen LogP contribution is 2.38. The second-order valence-corrected chi connectivity index (χ2v) is 7.54. The Kier molecular flexibility index (Phi) is 5.47. The van der Waals surface area contributed by atoms with E-state index in [1.165, 1.54) is 11.3 Å². The van der Waals surface area contributed by atoms with Crippen LogP contribution in [0.15, 0.2) is 52.3 Å². The Bertz CT molecular complexity index is 916. The third-order valence-corrected chi connectivity index (χ3v) is 5.54. The van der Waals surface area contributed by atoms with Gasteiger partial charge in [-0.15, -0.1) is 11.3 Å². The number of benzene rings is 2. The van der Waals surface area contributed by atoms with E-state index in [2.05, 4.69) is 22.0 Å². The van der Waals surface area contributed by atoms with Crippen LogP contribution in [-0.2, 0) is 6.61 Å². The fourth-order valence-electron chi connectivity index (χ4n) is 2.16. The van der Waals surface area contributed by atoms with E-state index < -0.39 is 0 Å². The molecule has 0 spiro atoms. The predicted octanol–water partition coefficient (Wildman–Crippen LogP) is 6.94. The van der Waals surface area contributed by atoms with Gasteiger partial charge in [-0.1, -0.05) is 57.3 Å². The summed E-state index contributed by atoms with van der Waals surface area (Å²) in [5, 5.41) is 13.0. The average Bonchev–Trinajstić information content (AvgIpc) is 3.00. The number of rotatable bonds is 4. The summed E-state index contributed by atoms with van der Waals surface area (Å²) in [7, 11) is 0. The minimum Gasteiger partial charge on any atom is -0.478 e. The van der Waals surface area contributed by atoms with E-state index in [9.17, 15) is 5.26 Å². The molecule has 0 saturated carbocycles. The normalized spacial score (nSPS) is 10.4. The van der Waals surface area contributed by atoms with Crippen LogP contribution in [0, 0.1) is 11.3 Å². The van der Waals surface area contributed by atoms with Gasteiger partial charge in [0.05, 0.1) is 10.0 Å². The molecule has 3 rings (SSSR count). The van der Waals surface area contributed by atoms with E-state index in [4.69, 9.17) is 27.9 Å². The number of nitriles is 1. The quantitative estimate of drug-likeness (QED) is 0.442. The van der Waals surface area contributed by atoms with Crippen LogP contribution in [0.5, 0.6) is 5.06 Å². The summed E-state index contributed by atoms with van der Waals surface area (Å²) in [6, 6.07) is 15.4. The number of hydrogen-bond acceptors (Lipinski definition) is 3. The second kappa shape index (κ2) is 7.58. The maximum absolute atomic E-state index is 9.52. The molecule has 0 N–H and O–H groups in total. The molecular formula is C18H10BrCl2NOS. The van der Waals surface area contributed by atoms with Crippen LogP contribution >= 0.6 is 50.5 Å². The molecule has 0 fully saturated rings. The van der Waals surface area contributed by atoms with Crippen LogP contribution in [0.4, 0.5) is 0 Å². The van der Waals surface area contributed by atoms with Crippen molar-refractivity contribution in [3.8, 4) is 22.3 Å². The first kappa shape index (κ1) is 17.3. The molecule has 120 valence electrons. The molecule has 1 heterocycles. The van der Waals surface area contributed by atoms with Crippen LogP contribution in [0.25, 0.3) is 11.1 Å². The van der Waals surface area contributed by atoms with E-state index >= 15 is 0 Å². The predicted molar refractivity (Wildman–Crippen MR) is 103 cm³/mol. The molecule has 2 nitrogen and oxygen atoms in total. The van der Waals surface area contributed by atoms with Gasteiger partial charge in [-0.3, -0.25) is 0 Å². The first-order chi connectivity index (χ1) is 11.6. The van der Waals surface area contributed by atoms with Crippen molar-refractivity contribution in [2.24, 2.45) is 0 Å². The fourth-order valence-corrected chi connectivity index (χ4v) is 3.60. The molecule has 6 heteroatoms. The number of hydrogen-bond donors (Lipinski definition) is 0. The molecule has 24 heavy (non-hydrogen) atoms. The van der Waals surface area contributed by atoms with Gasteiger partial charge in [0.15, 0.2) is 5.06 Å². The molecule has 0 bridgehead atoms. The fraction of sp³-hybridized carbons (Fsp3) is 0.0556. The Morgan fingerprint density at radius 1 is 1.08 bits per heavy atom. The topological polar surface area (TPSA) is 33.0 Å². The summed E-state index contributed by atoms with van der Waals surface area (Å²) in [5.74, 6) is 0. The molecular weight excluding hydrogens is 429 g/mol. The number of ether oxygens (including phenoxy) is 1. The molecule has 0 aliphatic rings. The molecule has 3 aromatic rings. The Labute approximate surface area is 162 Å². The van der Waals surface area contributed by atoms with E-state index in [1.54, 1.807) is 12.1 Å². The summed E-state index contributed by atoms with van der Waals surface area (Å²) < 4.78 is 6.85. The number of thiophene rings is 1. The molecule has 0 aliphatic heterocycles. The summed E-state index contributed by atoms with van der Waals surface area (Å²) in [6.45, 7) is 0.406. The van der Waals surface area contributed by atoms with Crippen LogP contribution in [0.1, 0.15) is 11.1 Å². The SMILES string of the molecule is N#Cc1c(-c2ccc(Cl)c(Cl)c2)csc1OCc1ccc(Br)cc1. The van der Waals surface area contributed by atoms with Gasteiger partial charge in [-0.2, -0.15) is 5.26 Å². The van der Waals surface area contributed by atoms with E-state index in [0.29, 0.717) is 27.3 Å². The third-order valence-electron chi connectivity index (χ3n) is 3.38. The molecule has 0 saturated heterocycles. The maximum atomic E-state index is 9.52. The van der Waals surface area contributed by atoms with Gasteiger partial charge in [-0.25, -0.2) is 0 Å². The zero-order chi connectivity index (χ0) is 17.1. The smallest absolute Gasteiger partial charge is 0.192 e. The van der Waals surface area contributed by atoms with Gasteiger partial charge >= 0.3 is 0 Å². The average molecular weight is 439 g/mol. The second-order valence-electron chi connectivity index (χ2n) is 4.97. The third kappa shape index (κ3) is 3.76. The lowest BCUT2D eigenvalue weighted by atomic mass is 10.1. The highest BCUT2D eigenvalue weighted by atomic mass is 79.9. The van der Waals surface area contributed by atoms with Crippen molar-refractivity contribution in [3.63, 3.8) is 0 Å². The van der Waals surface area contributed by atoms with Crippen molar-refractivity contribution in [1.29, 1.82) is 5.26 Å². The first-order valence-corrected chi connectivity index (χ1v) is 9.35. The van der Waals surface area contributed by atoms with Crippen molar-refractivity contribution in [3.05, 3.63) is 73.5 Å². The van der Waals surface area contributed by atoms with Crippen LogP contribution in [0.3, 0.4) is 0 Å². The Hall–Kier alpha value is -1.51. The molecule has 2 aromatic carbocycles. The van der Waals surface area contributed by atoms with Gasteiger partial charge in [0.25, 0.3) is 0 Å². The van der Waals surface area contributed by atoms with Crippen molar-refractivity contribution in [2.75, 3.05) is 0 Å². The van der Waals surface area contributed by atoms with Crippen molar-refractivity contribution in [2.45, 2.75) is 6.61 Å². The maximum Gasteiger partial charge on any atom is 0.192 e. The minimum absolute atomic E-state index is 0.406. The summed E-state index contributed by atoms with van der Waals surface area (Å²) >= 11 is 16.8. The number of halogens is 3. The minimum atomic E-state index is 0.406. The number of nitrogens with zero attached hydrogens (tertiary/aromatic N) is 1. The molecule has 1 aromatic heterocycles.